The number of aryl methyl sites for hydroxylation is 1. The monoisotopic (exact) mass is 417 g/mol. The van der Waals surface area contributed by atoms with E-state index < -0.39 is 0 Å². The quantitative estimate of drug-likeness (QED) is 0.515. The number of aromatic nitrogens is 1. The van der Waals surface area contributed by atoms with Crippen LogP contribution in [-0.4, -0.2) is 53.9 Å². The Morgan fingerprint density at radius 3 is 2.60 bits per heavy atom. The molecule has 1 aromatic heterocycles. The lowest BCUT2D eigenvalue weighted by Crippen LogP contribution is -2.47. The SMILES string of the molecule is Cc1ccc2nc(-c3ccc(N/C=C(/C#N)C(=O)N4CCN(C)CC4)cc3)sc2c1. The number of thiazole rings is 1. The minimum atomic E-state index is -0.223. The van der Waals surface area contributed by atoms with Crippen LogP contribution in [0.2, 0.25) is 0 Å². The van der Waals surface area contributed by atoms with Gasteiger partial charge < -0.3 is 15.1 Å². The van der Waals surface area contributed by atoms with E-state index in [-0.39, 0.29) is 11.5 Å². The molecule has 6 nitrogen and oxygen atoms in total. The summed E-state index contributed by atoms with van der Waals surface area (Å²) in [4.78, 5) is 21.2. The maximum Gasteiger partial charge on any atom is 0.266 e. The Bertz CT molecular complexity index is 1130. The molecule has 1 fully saturated rings. The normalized spacial score (nSPS) is 15.2. The number of hydrogen-bond donors (Lipinski definition) is 1. The Balaban J connectivity index is 1.45. The third kappa shape index (κ3) is 4.35. The van der Waals surface area contributed by atoms with Gasteiger partial charge in [0.05, 0.1) is 10.2 Å². The highest BCUT2D eigenvalue weighted by Gasteiger charge is 2.22. The number of hydrogen-bond acceptors (Lipinski definition) is 6. The summed E-state index contributed by atoms with van der Waals surface area (Å²) in [5.74, 6) is -0.223. The number of nitrogens with one attached hydrogen (secondary N) is 1. The Kier molecular flexibility index (Phi) is 5.79. The van der Waals surface area contributed by atoms with Crippen LogP contribution < -0.4 is 5.32 Å². The first-order chi connectivity index (χ1) is 14.5. The third-order valence-electron chi connectivity index (χ3n) is 5.20. The second-order valence-electron chi connectivity index (χ2n) is 7.48. The molecule has 1 saturated heterocycles. The highest BCUT2D eigenvalue weighted by atomic mass is 32.1. The molecular weight excluding hydrogens is 394 g/mol. The zero-order chi connectivity index (χ0) is 21.1. The number of carbonyl (C=O) groups excluding carboxylic acids is 1. The van der Waals surface area contributed by atoms with Gasteiger partial charge >= 0.3 is 0 Å². The van der Waals surface area contributed by atoms with E-state index in [4.69, 9.17) is 4.98 Å². The molecule has 4 rings (SSSR count). The van der Waals surface area contributed by atoms with Crippen molar-refractivity contribution in [3.05, 3.63) is 59.8 Å². The molecule has 7 heteroatoms. The Morgan fingerprint density at radius 1 is 1.17 bits per heavy atom. The number of carbonyl (C=O) groups is 1. The molecule has 152 valence electrons. The molecule has 3 aromatic rings. The van der Waals surface area contributed by atoms with Crippen molar-refractivity contribution in [2.45, 2.75) is 6.92 Å². The maximum absolute atomic E-state index is 12.6. The summed E-state index contributed by atoms with van der Waals surface area (Å²) in [6.45, 7) is 5.02. The van der Waals surface area contributed by atoms with E-state index >= 15 is 0 Å². The highest BCUT2D eigenvalue weighted by molar-refractivity contribution is 7.21. The molecule has 2 aromatic carbocycles. The third-order valence-corrected chi connectivity index (χ3v) is 6.27. The number of anilines is 1. The predicted octanol–water partition coefficient (Wildman–Crippen LogP) is 3.87. The molecule has 1 amide bonds. The van der Waals surface area contributed by atoms with Gasteiger partial charge in [-0.25, -0.2) is 4.98 Å². The van der Waals surface area contributed by atoms with E-state index in [9.17, 15) is 10.1 Å². The number of fused-ring (bicyclic) bond motifs is 1. The molecule has 0 saturated carbocycles. The molecule has 0 atom stereocenters. The Morgan fingerprint density at radius 2 is 1.90 bits per heavy atom. The van der Waals surface area contributed by atoms with Crippen molar-refractivity contribution in [3.63, 3.8) is 0 Å². The highest BCUT2D eigenvalue weighted by Crippen LogP contribution is 2.31. The van der Waals surface area contributed by atoms with Crippen molar-refractivity contribution in [1.29, 1.82) is 5.26 Å². The number of rotatable bonds is 4. The van der Waals surface area contributed by atoms with Crippen LogP contribution in [-0.2, 0) is 4.79 Å². The van der Waals surface area contributed by atoms with Crippen molar-refractivity contribution in [3.8, 4) is 16.6 Å². The summed E-state index contributed by atoms with van der Waals surface area (Å²) in [6.07, 6.45) is 1.50. The summed E-state index contributed by atoms with van der Waals surface area (Å²) >= 11 is 1.67. The van der Waals surface area contributed by atoms with E-state index in [1.807, 2.05) is 43.4 Å². The molecule has 1 aliphatic heterocycles. The van der Waals surface area contributed by atoms with Gasteiger partial charge in [0.1, 0.15) is 16.6 Å². The first-order valence-electron chi connectivity index (χ1n) is 9.86. The van der Waals surface area contributed by atoms with Gasteiger partial charge in [0.2, 0.25) is 0 Å². The van der Waals surface area contributed by atoms with Gasteiger partial charge in [-0.05, 0) is 55.9 Å². The van der Waals surface area contributed by atoms with E-state index in [0.29, 0.717) is 13.1 Å². The molecule has 0 radical (unpaired) electrons. The smallest absolute Gasteiger partial charge is 0.266 e. The largest absolute Gasteiger partial charge is 0.360 e. The predicted molar refractivity (Wildman–Crippen MR) is 121 cm³/mol. The number of nitrogens with zero attached hydrogens (tertiary/aromatic N) is 4. The zero-order valence-corrected chi connectivity index (χ0v) is 17.9. The molecular formula is C23H23N5OS. The fraction of sp³-hybridized carbons (Fsp3) is 0.261. The van der Waals surface area contributed by atoms with E-state index in [1.54, 1.807) is 16.2 Å². The summed E-state index contributed by atoms with van der Waals surface area (Å²) in [5.41, 5.74) is 4.20. The maximum atomic E-state index is 12.6. The number of nitriles is 1. The average Bonchev–Trinajstić information content (AvgIpc) is 3.18. The minimum Gasteiger partial charge on any atom is -0.360 e. The summed E-state index contributed by atoms with van der Waals surface area (Å²) in [7, 11) is 2.03. The van der Waals surface area contributed by atoms with Crippen LogP contribution >= 0.6 is 11.3 Å². The van der Waals surface area contributed by atoms with Crippen molar-refractivity contribution in [1.82, 2.24) is 14.8 Å². The molecule has 30 heavy (non-hydrogen) atoms. The summed E-state index contributed by atoms with van der Waals surface area (Å²) in [5, 5.41) is 13.5. The van der Waals surface area contributed by atoms with Gasteiger partial charge in [-0.15, -0.1) is 11.3 Å². The van der Waals surface area contributed by atoms with Crippen LogP contribution in [0.1, 0.15) is 5.56 Å². The van der Waals surface area contributed by atoms with E-state index in [0.717, 1.165) is 34.9 Å². The van der Waals surface area contributed by atoms with Gasteiger partial charge in [-0.2, -0.15) is 5.26 Å². The van der Waals surface area contributed by atoms with Gasteiger partial charge in [0.25, 0.3) is 5.91 Å². The number of amides is 1. The van der Waals surface area contributed by atoms with Crippen molar-refractivity contribution < 1.29 is 4.79 Å². The fourth-order valence-corrected chi connectivity index (χ4v) is 4.41. The van der Waals surface area contributed by atoms with Gasteiger partial charge in [0, 0.05) is 43.6 Å². The molecule has 2 heterocycles. The number of likely N-dealkylation sites (N-methyl/N-ethyl adjacent to an activating group) is 1. The molecule has 0 bridgehead atoms. The Hall–Kier alpha value is -3.21. The first kappa shape index (κ1) is 20.1. The van der Waals surface area contributed by atoms with Crippen LogP contribution in [0.4, 0.5) is 5.69 Å². The lowest BCUT2D eigenvalue weighted by atomic mass is 10.2. The standard InChI is InChI=1S/C23H23N5OS/c1-16-3-8-20-21(13-16)30-22(26-20)17-4-6-19(7-5-17)25-15-18(14-24)23(29)28-11-9-27(2)10-12-28/h3-8,13,15,25H,9-12H2,1-2H3/b18-15-. The lowest BCUT2D eigenvalue weighted by molar-refractivity contribution is -0.128. The van der Waals surface area contributed by atoms with Crippen molar-refractivity contribution in [2.24, 2.45) is 0 Å². The average molecular weight is 418 g/mol. The molecule has 1 N–H and O–H groups in total. The second-order valence-corrected chi connectivity index (χ2v) is 8.51. The minimum absolute atomic E-state index is 0.116. The Labute approximate surface area is 180 Å². The fourth-order valence-electron chi connectivity index (χ4n) is 3.34. The lowest BCUT2D eigenvalue weighted by Gasteiger charge is -2.32. The van der Waals surface area contributed by atoms with Crippen LogP contribution in [0, 0.1) is 18.3 Å². The van der Waals surface area contributed by atoms with Crippen molar-refractivity contribution in [2.75, 3.05) is 38.5 Å². The molecule has 1 aliphatic rings. The van der Waals surface area contributed by atoms with Crippen LogP contribution in [0.3, 0.4) is 0 Å². The first-order valence-corrected chi connectivity index (χ1v) is 10.7. The van der Waals surface area contributed by atoms with E-state index in [2.05, 4.69) is 29.3 Å². The number of piperazine rings is 1. The second kappa shape index (κ2) is 8.66. The number of benzene rings is 2. The summed E-state index contributed by atoms with van der Waals surface area (Å²) < 4.78 is 1.18. The van der Waals surface area contributed by atoms with Crippen molar-refractivity contribution >= 4 is 33.1 Å². The van der Waals surface area contributed by atoms with Crippen LogP contribution in [0.15, 0.2) is 54.2 Å². The van der Waals surface area contributed by atoms with Gasteiger partial charge in [0.15, 0.2) is 0 Å². The van der Waals surface area contributed by atoms with Crippen LogP contribution in [0.25, 0.3) is 20.8 Å². The van der Waals surface area contributed by atoms with Gasteiger partial charge in [-0.3, -0.25) is 4.79 Å². The van der Waals surface area contributed by atoms with Crippen LogP contribution in [0.5, 0.6) is 0 Å². The van der Waals surface area contributed by atoms with E-state index in [1.165, 1.54) is 16.5 Å². The topological polar surface area (TPSA) is 72.3 Å². The molecule has 0 aliphatic carbocycles. The molecule has 0 unspecified atom stereocenters. The zero-order valence-electron chi connectivity index (χ0n) is 17.1. The summed E-state index contributed by atoms with van der Waals surface area (Å²) in [6, 6.07) is 16.1. The molecule has 0 spiro atoms. The van der Waals surface area contributed by atoms with Gasteiger partial charge in [-0.1, -0.05) is 6.07 Å².